The Morgan fingerprint density at radius 2 is 1.97 bits per heavy atom. The molecule has 0 fully saturated rings. The highest BCUT2D eigenvalue weighted by Crippen LogP contribution is 2.35. The second-order valence-electron chi connectivity index (χ2n) is 6.98. The number of nitrogens with zero attached hydrogens (tertiary/aromatic N) is 5. The summed E-state index contributed by atoms with van der Waals surface area (Å²) in [6.07, 6.45) is 0. The van der Waals surface area contributed by atoms with E-state index in [0.29, 0.717) is 42.7 Å². The topological polar surface area (TPSA) is 81.9 Å². The van der Waals surface area contributed by atoms with Gasteiger partial charge >= 0.3 is 0 Å². The maximum atomic E-state index is 13.5. The molecule has 5 rings (SSSR count). The number of benzene rings is 1. The van der Waals surface area contributed by atoms with E-state index in [4.69, 9.17) is 9.47 Å². The van der Waals surface area contributed by atoms with Crippen LogP contribution in [0, 0.1) is 13.8 Å². The number of thiophene rings is 1. The van der Waals surface area contributed by atoms with E-state index in [9.17, 15) is 4.79 Å². The second-order valence-corrected chi connectivity index (χ2v) is 8.02. The molecule has 1 aliphatic heterocycles. The van der Waals surface area contributed by atoms with Crippen LogP contribution < -0.4 is 14.4 Å². The summed E-state index contributed by atoms with van der Waals surface area (Å²) in [5, 5.41) is 6.40. The van der Waals surface area contributed by atoms with E-state index >= 15 is 0 Å². The van der Waals surface area contributed by atoms with Gasteiger partial charge in [0.2, 0.25) is 5.82 Å². The Kier molecular flexibility index (Phi) is 4.59. The largest absolute Gasteiger partial charge is 0.486 e. The molecule has 3 aromatic heterocycles. The fraction of sp³-hybridized carbons (Fsp3) is 0.238. The molecule has 1 aromatic carbocycles. The van der Waals surface area contributed by atoms with Crippen molar-refractivity contribution in [2.24, 2.45) is 0 Å². The highest BCUT2D eigenvalue weighted by atomic mass is 32.1. The van der Waals surface area contributed by atoms with Crippen LogP contribution in [0.25, 0.3) is 5.78 Å². The standard InChI is InChI=1S/C21H19N5O3S/c1-13-10-14(2)26-21(22-13)23-19(24-26)20(27)25(12-16-4-3-9-30-16)15-5-6-17-18(11-15)29-8-7-28-17/h3-6,9-11H,7-8,12H2,1-2H3. The number of amides is 1. The van der Waals surface area contributed by atoms with Gasteiger partial charge in [-0.25, -0.2) is 9.50 Å². The molecule has 152 valence electrons. The predicted molar refractivity (Wildman–Crippen MR) is 113 cm³/mol. The van der Waals surface area contributed by atoms with Crippen molar-refractivity contribution in [1.29, 1.82) is 0 Å². The summed E-state index contributed by atoms with van der Waals surface area (Å²) in [5.74, 6) is 1.51. The fourth-order valence-corrected chi connectivity index (χ4v) is 4.11. The minimum Gasteiger partial charge on any atom is -0.486 e. The van der Waals surface area contributed by atoms with Crippen LogP contribution >= 0.6 is 11.3 Å². The van der Waals surface area contributed by atoms with Gasteiger partial charge in [-0.2, -0.15) is 4.98 Å². The Balaban J connectivity index is 1.56. The Bertz CT molecular complexity index is 1240. The van der Waals surface area contributed by atoms with E-state index in [1.165, 1.54) is 0 Å². The zero-order valence-corrected chi connectivity index (χ0v) is 17.3. The lowest BCUT2D eigenvalue weighted by Gasteiger charge is -2.24. The third-order valence-corrected chi connectivity index (χ3v) is 5.65. The normalized spacial score (nSPS) is 12.9. The average Bonchev–Trinajstić information content (AvgIpc) is 3.41. The van der Waals surface area contributed by atoms with Crippen LogP contribution in [0.3, 0.4) is 0 Å². The zero-order valence-electron chi connectivity index (χ0n) is 16.5. The number of carbonyl (C=O) groups excluding carboxylic acids is 1. The molecule has 0 aliphatic carbocycles. The highest BCUT2D eigenvalue weighted by molar-refractivity contribution is 7.09. The van der Waals surface area contributed by atoms with Gasteiger partial charge in [-0.15, -0.1) is 16.4 Å². The van der Waals surface area contributed by atoms with Crippen LogP contribution in [0.5, 0.6) is 11.5 Å². The fourth-order valence-electron chi connectivity index (χ4n) is 3.42. The summed E-state index contributed by atoms with van der Waals surface area (Å²) in [6.45, 7) is 5.20. The number of hydrogen-bond donors (Lipinski definition) is 0. The molecule has 30 heavy (non-hydrogen) atoms. The van der Waals surface area contributed by atoms with Crippen molar-refractivity contribution in [3.8, 4) is 11.5 Å². The molecular weight excluding hydrogens is 402 g/mol. The molecule has 0 atom stereocenters. The van der Waals surface area contributed by atoms with E-state index < -0.39 is 0 Å². The van der Waals surface area contributed by atoms with Gasteiger partial charge in [0.1, 0.15) is 13.2 Å². The van der Waals surface area contributed by atoms with Gasteiger partial charge in [0.15, 0.2) is 11.5 Å². The molecule has 0 N–H and O–H groups in total. The molecule has 0 unspecified atom stereocenters. The quantitative estimate of drug-likeness (QED) is 0.502. The Morgan fingerprint density at radius 1 is 1.13 bits per heavy atom. The van der Waals surface area contributed by atoms with Crippen LogP contribution in [-0.4, -0.2) is 38.7 Å². The van der Waals surface area contributed by atoms with Crippen molar-refractivity contribution in [1.82, 2.24) is 19.6 Å². The number of hydrogen-bond acceptors (Lipinski definition) is 7. The molecule has 0 saturated carbocycles. The number of carbonyl (C=O) groups is 1. The van der Waals surface area contributed by atoms with Gasteiger partial charge < -0.3 is 14.4 Å². The first-order valence-electron chi connectivity index (χ1n) is 9.53. The van der Waals surface area contributed by atoms with Crippen molar-refractivity contribution >= 4 is 28.7 Å². The predicted octanol–water partition coefficient (Wildman–Crippen LogP) is 3.42. The first kappa shape index (κ1) is 18.6. The van der Waals surface area contributed by atoms with Crippen molar-refractivity contribution in [3.05, 3.63) is 63.9 Å². The van der Waals surface area contributed by atoms with E-state index in [1.54, 1.807) is 20.8 Å². The van der Waals surface area contributed by atoms with E-state index in [-0.39, 0.29) is 11.7 Å². The maximum Gasteiger partial charge on any atom is 0.298 e. The first-order chi connectivity index (χ1) is 14.6. The van der Waals surface area contributed by atoms with Crippen molar-refractivity contribution in [2.75, 3.05) is 18.1 Å². The number of aryl methyl sites for hydroxylation is 2. The van der Waals surface area contributed by atoms with Crippen molar-refractivity contribution < 1.29 is 14.3 Å². The Labute approximate surface area is 176 Å². The monoisotopic (exact) mass is 421 g/mol. The van der Waals surface area contributed by atoms with Crippen LogP contribution in [-0.2, 0) is 6.54 Å². The van der Waals surface area contributed by atoms with Gasteiger partial charge in [-0.1, -0.05) is 6.07 Å². The highest BCUT2D eigenvalue weighted by Gasteiger charge is 2.25. The zero-order chi connectivity index (χ0) is 20.7. The number of anilines is 1. The van der Waals surface area contributed by atoms with Crippen LogP contribution in [0.2, 0.25) is 0 Å². The molecular formula is C21H19N5O3S. The molecule has 0 saturated heterocycles. The summed E-state index contributed by atoms with van der Waals surface area (Å²) in [7, 11) is 0. The van der Waals surface area contributed by atoms with E-state index in [1.807, 2.05) is 55.6 Å². The van der Waals surface area contributed by atoms with Crippen molar-refractivity contribution in [2.45, 2.75) is 20.4 Å². The second kappa shape index (κ2) is 7.42. The molecule has 9 heteroatoms. The van der Waals surface area contributed by atoms with Crippen molar-refractivity contribution in [3.63, 3.8) is 0 Å². The number of aromatic nitrogens is 4. The van der Waals surface area contributed by atoms with Gasteiger partial charge in [0, 0.05) is 28.0 Å². The molecule has 4 heterocycles. The molecule has 0 radical (unpaired) electrons. The summed E-state index contributed by atoms with van der Waals surface area (Å²) in [5.41, 5.74) is 2.39. The molecule has 1 amide bonds. The van der Waals surface area contributed by atoms with Gasteiger partial charge in [0.05, 0.1) is 6.54 Å². The first-order valence-corrected chi connectivity index (χ1v) is 10.4. The number of fused-ring (bicyclic) bond motifs is 2. The lowest BCUT2D eigenvalue weighted by molar-refractivity contribution is 0.0975. The molecule has 1 aliphatic rings. The lowest BCUT2D eigenvalue weighted by Crippen LogP contribution is -2.31. The van der Waals surface area contributed by atoms with E-state index in [2.05, 4.69) is 15.1 Å². The minimum atomic E-state index is -0.303. The average molecular weight is 421 g/mol. The van der Waals surface area contributed by atoms with Gasteiger partial charge in [-0.3, -0.25) is 4.79 Å². The Morgan fingerprint density at radius 3 is 2.77 bits per heavy atom. The molecule has 4 aromatic rings. The van der Waals surface area contributed by atoms with Gasteiger partial charge in [-0.05, 0) is 43.5 Å². The summed E-state index contributed by atoms with van der Waals surface area (Å²) in [6, 6.07) is 11.4. The summed E-state index contributed by atoms with van der Waals surface area (Å²) < 4.78 is 12.9. The molecule has 8 nitrogen and oxygen atoms in total. The third kappa shape index (κ3) is 3.37. The maximum absolute atomic E-state index is 13.5. The summed E-state index contributed by atoms with van der Waals surface area (Å²) >= 11 is 1.59. The minimum absolute atomic E-state index is 0.0997. The van der Waals surface area contributed by atoms with Crippen LogP contribution in [0.15, 0.2) is 41.8 Å². The molecule has 0 bridgehead atoms. The lowest BCUT2D eigenvalue weighted by atomic mass is 10.2. The van der Waals surface area contributed by atoms with E-state index in [0.717, 1.165) is 16.3 Å². The number of ether oxygens (including phenoxy) is 2. The Hall–Kier alpha value is -3.46. The number of rotatable bonds is 4. The van der Waals surface area contributed by atoms with Crippen LogP contribution in [0.1, 0.15) is 26.9 Å². The van der Waals surface area contributed by atoms with Crippen LogP contribution in [0.4, 0.5) is 5.69 Å². The smallest absolute Gasteiger partial charge is 0.298 e. The SMILES string of the molecule is Cc1cc(C)n2nc(C(=O)N(Cc3cccs3)c3ccc4c(c3)OCCO4)nc2n1. The van der Waals surface area contributed by atoms with Gasteiger partial charge in [0.25, 0.3) is 11.7 Å². The third-order valence-electron chi connectivity index (χ3n) is 4.79. The summed E-state index contributed by atoms with van der Waals surface area (Å²) in [4.78, 5) is 25.0. The molecule has 0 spiro atoms.